The predicted molar refractivity (Wildman–Crippen MR) is 138 cm³/mol. The molecule has 0 spiro atoms. The summed E-state index contributed by atoms with van der Waals surface area (Å²) in [7, 11) is 0. The lowest BCUT2D eigenvalue weighted by Crippen LogP contribution is -2.42. The van der Waals surface area contributed by atoms with Gasteiger partial charge in [0.15, 0.2) is 0 Å². The fraction of sp³-hybridized carbons (Fsp3) is 0.233. The summed E-state index contributed by atoms with van der Waals surface area (Å²) in [5.74, 6) is 0.322. The third-order valence-corrected chi connectivity index (χ3v) is 7.30. The molecule has 2 aliphatic heterocycles. The van der Waals surface area contributed by atoms with Crippen molar-refractivity contribution in [3.63, 3.8) is 0 Å². The van der Waals surface area contributed by atoms with Crippen molar-refractivity contribution in [2.75, 3.05) is 22.9 Å². The largest absolute Gasteiger partial charge is 0.371 e. The van der Waals surface area contributed by atoms with Gasteiger partial charge in [0.05, 0.1) is 6.54 Å². The van der Waals surface area contributed by atoms with E-state index in [0.29, 0.717) is 6.54 Å². The van der Waals surface area contributed by atoms with E-state index in [4.69, 9.17) is 0 Å². The molecule has 1 saturated heterocycles. The molecule has 6 rings (SSSR count). The average molecular weight is 448 g/mol. The van der Waals surface area contributed by atoms with Gasteiger partial charge in [0.1, 0.15) is 0 Å². The summed E-state index contributed by atoms with van der Waals surface area (Å²) in [5, 5.41) is 0. The van der Waals surface area contributed by atoms with Crippen molar-refractivity contribution in [2.24, 2.45) is 5.92 Å². The fourth-order valence-corrected chi connectivity index (χ4v) is 5.40. The Bertz CT molecular complexity index is 1300. The third-order valence-electron chi connectivity index (χ3n) is 7.30. The highest BCUT2D eigenvalue weighted by molar-refractivity contribution is 5.96. The standard InChI is InChI=1S/C30H29N3O/c34-30(33-22-28-13-7-17-32(28)21-26-10-4-5-14-29(26)33)24-15-18-31(19-16-24)27-12-6-11-25(20-27)23-8-2-1-3-9-23/h1-14,17,20,24H,15-16,18-19,21-22H2. The van der Waals surface area contributed by atoms with Crippen LogP contribution in [0.1, 0.15) is 24.1 Å². The van der Waals surface area contributed by atoms with Crippen LogP contribution in [0.15, 0.2) is 97.2 Å². The topological polar surface area (TPSA) is 28.5 Å². The maximum absolute atomic E-state index is 13.8. The molecule has 170 valence electrons. The summed E-state index contributed by atoms with van der Waals surface area (Å²) < 4.78 is 2.26. The summed E-state index contributed by atoms with van der Waals surface area (Å²) in [6, 6.07) is 31.9. The van der Waals surface area contributed by atoms with Crippen molar-refractivity contribution in [3.8, 4) is 11.1 Å². The van der Waals surface area contributed by atoms with Gasteiger partial charge in [-0.05, 0) is 59.9 Å². The quantitative estimate of drug-likeness (QED) is 0.387. The van der Waals surface area contributed by atoms with Crippen LogP contribution in [0.25, 0.3) is 11.1 Å². The van der Waals surface area contributed by atoms with Crippen LogP contribution in [0.5, 0.6) is 0 Å². The van der Waals surface area contributed by atoms with Crippen LogP contribution < -0.4 is 9.80 Å². The lowest BCUT2D eigenvalue weighted by atomic mass is 9.94. The van der Waals surface area contributed by atoms with Crippen LogP contribution >= 0.6 is 0 Å². The zero-order valence-electron chi connectivity index (χ0n) is 19.3. The minimum atomic E-state index is 0.0584. The molecule has 0 unspecified atom stereocenters. The van der Waals surface area contributed by atoms with Gasteiger partial charge >= 0.3 is 0 Å². The third kappa shape index (κ3) is 3.90. The first-order valence-corrected chi connectivity index (χ1v) is 12.2. The summed E-state index contributed by atoms with van der Waals surface area (Å²) in [6.45, 7) is 3.27. The summed E-state index contributed by atoms with van der Waals surface area (Å²) in [5.41, 5.74) is 7.18. The fourth-order valence-electron chi connectivity index (χ4n) is 5.40. The second kappa shape index (κ2) is 8.86. The number of hydrogen-bond acceptors (Lipinski definition) is 2. The molecule has 1 fully saturated rings. The molecule has 4 heteroatoms. The SMILES string of the molecule is O=C(C1CCN(c2cccc(-c3ccccc3)c2)CC1)N1Cc2cccn2Cc2ccccc21. The molecule has 1 aromatic heterocycles. The maximum Gasteiger partial charge on any atom is 0.230 e. The lowest BCUT2D eigenvalue weighted by molar-refractivity contribution is -0.123. The summed E-state index contributed by atoms with van der Waals surface area (Å²) in [6.07, 6.45) is 3.88. The van der Waals surface area contributed by atoms with Gasteiger partial charge in [-0.15, -0.1) is 0 Å². The van der Waals surface area contributed by atoms with Crippen molar-refractivity contribution in [1.29, 1.82) is 0 Å². The van der Waals surface area contributed by atoms with Crippen LogP contribution in [0.3, 0.4) is 0 Å². The number of fused-ring (bicyclic) bond motifs is 2. The number of anilines is 2. The molecule has 0 atom stereocenters. The van der Waals surface area contributed by atoms with E-state index in [1.807, 2.05) is 11.0 Å². The minimum absolute atomic E-state index is 0.0584. The van der Waals surface area contributed by atoms with Gasteiger partial charge in [0, 0.05) is 48.8 Å². The monoisotopic (exact) mass is 447 g/mol. The highest BCUT2D eigenvalue weighted by Crippen LogP contribution is 2.33. The highest BCUT2D eigenvalue weighted by Gasteiger charge is 2.32. The average Bonchev–Trinajstić information content (AvgIpc) is 3.28. The number of rotatable bonds is 3. The first kappa shape index (κ1) is 20.8. The zero-order valence-corrected chi connectivity index (χ0v) is 19.3. The number of para-hydroxylation sites is 1. The molecule has 0 N–H and O–H groups in total. The Morgan fingerprint density at radius 3 is 2.35 bits per heavy atom. The van der Waals surface area contributed by atoms with Crippen molar-refractivity contribution in [3.05, 3.63) is 108 Å². The molecule has 34 heavy (non-hydrogen) atoms. The number of carbonyl (C=O) groups is 1. The molecule has 0 saturated carbocycles. The Labute approximate surface area is 201 Å². The normalized spacial score (nSPS) is 16.0. The van der Waals surface area contributed by atoms with Crippen LogP contribution in [-0.2, 0) is 17.9 Å². The second-order valence-corrected chi connectivity index (χ2v) is 9.36. The van der Waals surface area contributed by atoms with E-state index in [2.05, 4.69) is 101 Å². The van der Waals surface area contributed by atoms with Crippen LogP contribution in [0, 0.1) is 5.92 Å². The van der Waals surface area contributed by atoms with E-state index < -0.39 is 0 Å². The molecular formula is C30H29N3O. The van der Waals surface area contributed by atoms with E-state index in [1.165, 1.54) is 28.1 Å². The Morgan fingerprint density at radius 2 is 1.50 bits per heavy atom. The first-order valence-electron chi connectivity index (χ1n) is 12.2. The summed E-state index contributed by atoms with van der Waals surface area (Å²) in [4.78, 5) is 18.2. The second-order valence-electron chi connectivity index (χ2n) is 9.36. The molecule has 3 heterocycles. The van der Waals surface area contributed by atoms with E-state index in [9.17, 15) is 4.79 Å². The molecular weight excluding hydrogens is 418 g/mol. The van der Waals surface area contributed by atoms with E-state index >= 15 is 0 Å². The van der Waals surface area contributed by atoms with Crippen molar-refractivity contribution < 1.29 is 4.79 Å². The molecule has 0 aliphatic carbocycles. The van der Waals surface area contributed by atoms with Gasteiger partial charge < -0.3 is 14.4 Å². The number of nitrogens with zero attached hydrogens (tertiary/aromatic N) is 3. The van der Waals surface area contributed by atoms with Crippen LogP contribution in [0.4, 0.5) is 11.4 Å². The van der Waals surface area contributed by atoms with E-state index in [-0.39, 0.29) is 11.8 Å². The molecule has 2 aliphatic rings. The smallest absolute Gasteiger partial charge is 0.230 e. The Balaban J connectivity index is 1.19. The van der Waals surface area contributed by atoms with Gasteiger partial charge in [-0.1, -0.05) is 60.7 Å². The molecule has 4 nitrogen and oxygen atoms in total. The van der Waals surface area contributed by atoms with Crippen LogP contribution in [-0.4, -0.2) is 23.6 Å². The number of hydrogen-bond donors (Lipinski definition) is 0. The van der Waals surface area contributed by atoms with Gasteiger partial charge in [-0.25, -0.2) is 0 Å². The van der Waals surface area contributed by atoms with Crippen molar-refractivity contribution in [2.45, 2.75) is 25.9 Å². The van der Waals surface area contributed by atoms with E-state index in [0.717, 1.165) is 38.2 Å². The van der Waals surface area contributed by atoms with Crippen LogP contribution in [0.2, 0.25) is 0 Å². The highest BCUT2D eigenvalue weighted by atomic mass is 16.2. The van der Waals surface area contributed by atoms with Gasteiger partial charge in [0.2, 0.25) is 5.91 Å². The predicted octanol–water partition coefficient (Wildman–Crippen LogP) is 5.97. The molecule has 0 bridgehead atoms. The molecule has 4 aromatic rings. The maximum atomic E-state index is 13.8. The number of piperidine rings is 1. The number of carbonyl (C=O) groups excluding carboxylic acids is 1. The number of amides is 1. The Morgan fingerprint density at radius 1 is 0.735 bits per heavy atom. The van der Waals surface area contributed by atoms with Gasteiger partial charge in [0.25, 0.3) is 0 Å². The lowest BCUT2D eigenvalue weighted by Gasteiger charge is -2.35. The summed E-state index contributed by atoms with van der Waals surface area (Å²) >= 11 is 0. The molecule has 3 aromatic carbocycles. The first-order chi connectivity index (χ1) is 16.8. The Kier molecular flexibility index (Phi) is 5.42. The minimum Gasteiger partial charge on any atom is -0.371 e. The van der Waals surface area contributed by atoms with Crippen molar-refractivity contribution in [1.82, 2.24) is 4.57 Å². The Hall–Kier alpha value is -3.79. The van der Waals surface area contributed by atoms with Gasteiger partial charge in [-0.3, -0.25) is 4.79 Å². The molecule has 0 radical (unpaired) electrons. The zero-order chi connectivity index (χ0) is 22.9. The molecule has 1 amide bonds. The van der Waals surface area contributed by atoms with Crippen molar-refractivity contribution >= 4 is 17.3 Å². The van der Waals surface area contributed by atoms with Gasteiger partial charge in [-0.2, -0.15) is 0 Å². The number of aromatic nitrogens is 1. The van der Waals surface area contributed by atoms with E-state index in [1.54, 1.807) is 0 Å². The number of benzene rings is 3.